The molecular formula is C2H5IZr. The third-order valence-corrected chi connectivity index (χ3v) is 0. The van der Waals surface area contributed by atoms with E-state index in [9.17, 15) is 0 Å². The van der Waals surface area contributed by atoms with E-state index in [4.69, 9.17) is 0 Å². The van der Waals surface area contributed by atoms with Crippen LogP contribution in [0.3, 0.4) is 0 Å². The molecule has 0 bridgehead atoms. The summed E-state index contributed by atoms with van der Waals surface area (Å²) in [6, 6.07) is 0. The van der Waals surface area contributed by atoms with Crippen LogP contribution < -0.4 is 0 Å². The molecule has 0 saturated carbocycles. The molecule has 0 aliphatic carbocycles. The molecule has 0 saturated heterocycles. The van der Waals surface area contributed by atoms with Gasteiger partial charge in [-0.15, -0.1) is 0 Å². The van der Waals surface area contributed by atoms with Gasteiger partial charge in [0.1, 0.15) is 0 Å². The smallest absolute Gasteiger partial charge is 0 e. The van der Waals surface area contributed by atoms with Gasteiger partial charge in [0, 0.05) is 26.2 Å². The second kappa shape index (κ2) is 8.82. The van der Waals surface area contributed by atoms with Crippen molar-refractivity contribution in [3.05, 3.63) is 0 Å². The monoisotopic (exact) mass is 246 g/mol. The fraction of sp³-hybridized carbons (Fsp3) is 1.00. The van der Waals surface area contributed by atoms with Gasteiger partial charge in [0.15, 0.2) is 0 Å². The van der Waals surface area contributed by atoms with Crippen LogP contribution in [0.4, 0.5) is 0 Å². The molecule has 4 heavy (non-hydrogen) atoms. The summed E-state index contributed by atoms with van der Waals surface area (Å²) in [5, 5.41) is 0. The molecule has 0 aliphatic rings. The maximum absolute atomic E-state index is 2.29. The maximum Gasteiger partial charge on any atom is 0 e. The molecule has 0 unspecified atom stereocenters. The minimum atomic E-state index is 0. The summed E-state index contributed by atoms with van der Waals surface area (Å²) in [7, 11) is 0. The van der Waals surface area contributed by atoms with Crippen molar-refractivity contribution in [1.29, 1.82) is 0 Å². The molecule has 0 aromatic carbocycles. The summed E-state index contributed by atoms with van der Waals surface area (Å²) >= 11 is 2.29. The second-order valence-electron chi connectivity index (χ2n) is 0.267. The van der Waals surface area contributed by atoms with Gasteiger partial charge >= 0.3 is 0 Å². The van der Waals surface area contributed by atoms with E-state index in [-0.39, 0.29) is 26.2 Å². The Morgan fingerprint density at radius 3 is 1.75 bits per heavy atom. The van der Waals surface area contributed by atoms with Crippen LogP contribution in [0.15, 0.2) is 0 Å². The minimum Gasteiger partial charge on any atom is -0.0867 e. The first-order valence-corrected chi connectivity index (χ1v) is 2.50. The van der Waals surface area contributed by atoms with Crippen molar-refractivity contribution < 1.29 is 26.2 Å². The third kappa shape index (κ3) is 9.48. The van der Waals surface area contributed by atoms with Crippen LogP contribution in [0.5, 0.6) is 0 Å². The van der Waals surface area contributed by atoms with Crippen LogP contribution in [-0.2, 0) is 26.2 Å². The van der Waals surface area contributed by atoms with Crippen LogP contribution in [0, 0.1) is 0 Å². The SMILES string of the molecule is CCI.[Zr]. The zero-order chi connectivity index (χ0) is 2.71. The van der Waals surface area contributed by atoms with Crippen LogP contribution >= 0.6 is 22.6 Å². The summed E-state index contributed by atoms with van der Waals surface area (Å²) in [6.45, 7) is 2.11. The van der Waals surface area contributed by atoms with Crippen LogP contribution in [0.2, 0.25) is 0 Å². The average molecular weight is 247 g/mol. The Kier molecular flexibility index (Phi) is 20.2. The molecule has 0 rings (SSSR count). The van der Waals surface area contributed by atoms with Gasteiger partial charge < -0.3 is 0 Å². The standard InChI is InChI=1S/C2H5I.Zr/c1-2-3;/h2H2,1H3;. The molecule has 0 aliphatic heterocycles. The number of hydrogen-bond donors (Lipinski definition) is 0. The Bertz CT molecular complexity index is 6.00. The van der Waals surface area contributed by atoms with Crippen molar-refractivity contribution >= 4 is 22.6 Å². The number of alkyl halides is 1. The summed E-state index contributed by atoms with van der Waals surface area (Å²) < 4.78 is 1.22. The van der Waals surface area contributed by atoms with E-state index in [1.54, 1.807) is 0 Å². The molecule has 24 valence electrons. The second-order valence-corrected chi connectivity index (χ2v) is 1.79. The fourth-order valence-electron chi connectivity index (χ4n) is 0. The molecule has 0 nitrogen and oxygen atoms in total. The van der Waals surface area contributed by atoms with Crippen molar-refractivity contribution in [1.82, 2.24) is 0 Å². The van der Waals surface area contributed by atoms with Crippen molar-refractivity contribution in [3.63, 3.8) is 0 Å². The molecule has 0 spiro atoms. The van der Waals surface area contributed by atoms with Gasteiger partial charge in [0.05, 0.1) is 0 Å². The molecular weight excluding hydrogens is 242 g/mol. The van der Waals surface area contributed by atoms with E-state index in [1.165, 1.54) is 4.43 Å². The van der Waals surface area contributed by atoms with Gasteiger partial charge in [0.25, 0.3) is 0 Å². The largest absolute Gasteiger partial charge is 0.0867 e. The van der Waals surface area contributed by atoms with Crippen molar-refractivity contribution in [2.45, 2.75) is 6.92 Å². The molecule has 0 aromatic rings. The van der Waals surface area contributed by atoms with E-state index >= 15 is 0 Å². The Balaban J connectivity index is 0. The third-order valence-electron chi connectivity index (χ3n) is 0. The van der Waals surface area contributed by atoms with Crippen LogP contribution in [0.1, 0.15) is 6.92 Å². The first-order valence-electron chi connectivity index (χ1n) is 0.974. The predicted molar refractivity (Wildman–Crippen MR) is 24.6 cm³/mol. The summed E-state index contributed by atoms with van der Waals surface area (Å²) in [6.07, 6.45) is 0. The first-order chi connectivity index (χ1) is 1.41. The number of hydrogen-bond acceptors (Lipinski definition) is 0. The zero-order valence-corrected chi connectivity index (χ0v) is 7.20. The summed E-state index contributed by atoms with van der Waals surface area (Å²) in [5.74, 6) is 0. The van der Waals surface area contributed by atoms with Crippen LogP contribution in [0.25, 0.3) is 0 Å². The van der Waals surface area contributed by atoms with Gasteiger partial charge in [-0.05, 0) is 4.43 Å². The Morgan fingerprint density at radius 1 is 1.75 bits per heavy atom. The number of rotatable bonds is 0. The van der Waals surface area contributed by atoms with Gasteiger partial charge in [-0.25, -0.2) is 0 Å². The van der Waals surface area contributed by atoms with E-state index < -0.39 is 0 Å². The zero-order valence-electron chi connectivity index (χ0n) is 2.59. The molecule has 0 fully saturated rings. The Hall–Kier alpha value is 1.61. The van der Waals surface area contributed by atoms with Gasteiger partial charge in [-0.1, -0.05) is 29.5 Å². The van der Waals surface area contributed by atoms with E-state index in [2.05, 4.69) is 29.5 Å². The van der Waals surface area contributed by atoms with Gasteiger partial charge in [0.2, 0.25) is 0 Å². The molecule has 0 heterocycles. The summed E-state index contributed by atoms with van der Waals surface area (Å²) in [4.78, 5) is 0. The first kappa shape index (κ1) is 9.15. The quantitative estimate of drug-likeness (QED) is 0.449. The summed E-state index contributed by atoms with van der Waals surface area (Å²) in [5.41, 5.74) is 0. The van der Waals surface area contributed by atoms with Gasteiger partial charge in [-0.2, -0.15) is 0 Å². The molecule has 2 heteroatoms. The van der Waals surface area contributed by atoms with Crippen molar-refractivity contribution in [2.24, 2.45) is 0 Å². The Morgan fingerprint density at radius 2 is 1.75 bits per heavy atom. The fourth-order valence-corrected chi connectivity index (χ4v) is 0. The normalized spacial score (nSPS) is 4.50. The molecule has 0 radical (unpaired) electrons. The number of halogens is 1. The molecule has 0 N–H and O–H groups in total. The molecule has 0 aromatic heterocycles. The Labute approximate surface area is 59.6 Å². The maximum atomic E-state index is 2.29. The average Bonchev–Trinajstić information content (AvgIpc) is 0.918. The molecule has 0 amide bonds. The topological polar surface area (TPSA) is 0 Å². The van der Waals surface area contributed by atoms with Crippen molar-refractivity contribution in [2.75, 3.05) is 4.43 Å². The predicted octanol–water partition coefficient (Wildman–Crippen LogP) is 1.44. The van der Waals surface area contributed by atoms with E-state index in [1.807, 2.05) is 0 Å². The van der Waals surface area contributed by atoms with E-state index in [0.717, 1.165) is 0 Å². The molecule has 0 atom stereocenters. The minimum absolute atomic E-state index is 0. The van der Waals surface area contributed by atoms with Crippen LogP contribution in [-0.4, -0.2) is 4.43 Å². The van der Waals surface area contributed by atoms with Gasteiger partial charge in [-0.3, -0.25) is 0 Å². The van der Waals surface area contributed by atoms with Crippen molar-refractivity contribution in [3.8, 4) is 0 Å². The van der Waals surface area contributed by atoms with E-state index in [0.29, 0.717) is 0 Å².